The van der Waals surface area contributed by atoms with Gasteiger partial charge in [0.25, 0.3) is 0 Å². The van der Waals surface area contributed by atoms with Gasteiger partial charge in [0.05, 0.1) is 25.6 Å². The van der Waals surface area contributed by atoms with Crippen LogP contribution < -0.4 is 4.74 Å². The number of ether oxygens (including phenoxy) is 1. The predicted molar refractivity (Wildman–Crippen MR) is 133 cm³/mol. The van der Waals surface area contributed by atoms with Gasteiger partial charge in [0.1, 0.15) is 5.75 Å². The Morgan fingerprint density at radius 1 is 0.971 bits per heavy atom. The van der Waals surface area contributed by atoms with Crippen molar-refractivity contribution in [3.63, 3.8) is 0 Å². The van der Waals surface area contributed by atoms with Gasteiger partial charge in [0.2, 0.25) is 11.8 Å². The molecule has 0 unspecified atom stereocenters. The Morgan fingerprint density at radius 2 is 1.62 bits per heavy atom. The number of hydrogen-bond donors (Lipinski definition) is 0. The number of benzene rings is 2. The van der Waals surface area contributed by atoms with Crippen LogP contribution in [0.5, 0.6) is 5.75 Å². The molecule has 1 aliphatic carbocycles. The number of piperidine rings is 1. The Balaban J connectivity index is 1.55. The van der Waals surface area contributed by atoms with E-state index in [-0.39, 0.29) is 41.4 Å². The molecule has 0 N–H and O–H groups in total. The number of rotatable bonds is 5. The van der Waals surface area contributed by atoms with E-state index in [1.54, 1.807) is 14.0 Å². The first-order valence-electron chi connectivity index (χ1n) is 12.7. The van der Waals surface area contributed by atoms with E-state index >= 15 is 0 Å². The zero-order valence-corrected chi connectivity index (χ0v) is 20.6. The van der Waals surface area contributed by atoms with E-state index < -0.39 is 0 Å². The lowest BCUT2D eigenvalue weighted by atomic mass is 9.69. The highest BCUT2D eigenvalue weighted by molar-refractivity contribution is 5.82. The Bertz CT molecular complexity index is 1050. The Hall–Kier alpha value is -2.82. The first-order valence-corrected chi connectivity index (χ1v) is 12.7. The topological polar surface area (TPSA) is 49.9 Å². The smallest absolute Gasteiger partial charge is 0.227 e. The number of hydrogen-bond acceptors (Lipinski definition) is 3. The molecule has 5 heteroatoms. The van der Waals surface area contributed by atoms with Gasteiger partial charge < -0.3 is 14.5 Å². The monoisotopic (exact) mass is 460 g/mol. The van der Waals surface area contributed by atoms with Gasteiger partial charge >= 0.3 is 0 Å². The fourth-order valence-electron chi connectivity index (χ4n) is 7.27. The molecule has 2 amide bonds. The highest BCUT2D eigenvalue weighted by Crippen LogP contribution is 2.55. The average Bonchev–Trinajstić information content (AvgIpc) is 2.98. The van der Waals surface area contributed by atoms with E-state index in [2.05, 4.69) is 41.0 Å². The van der Waals surface area contributed by atoms with Crippen molar-refractivity contribution in [2.45, 2.75) is 83.0 Å². The molecule has 2 aromatic rings. The fourth-order valence-corrected chi connectivity index (χ4v) is 7.27. The van der Waals surface area contributed by atoms with Crippen LogP contribution in [0.25, 0.3) is 0 Å². The second-order valence-corrected chi connectivity index (χ2v) is 10.6. The number of amides is 2. The number of carbonyl (C=O) groups excluding carboxylic acids is 2. The van der Waals surface area contributed by atoms with E-state index in [0.29, 0.717) is 6.42 Å². The maximum Gasteiger partial charge on any atom is 0.227 e. The van der Waals surface area contributed by atoms with Crippen molar-refractivity contribution in [3.05, 3.63) is 65.7 Å². The molecule has 2 bridgehead atoms. The van der Waals surface area contributed by atoms with Crippen LogP contribution in [0.4, 0.5) is 0 Å². The summed E-state index contributed by atoms with van der Waals surface area (Å²) in [5.74, 6) is 1.06. The predicted octanol–water partition coefficient (Wildman–Crippen LogP) is 4.63. The van der Waals surface area contributed by atoms with Crippen LogP contribution in [-0.2, 0) is 22.4 Å². The lowest BCUT2D eigenvalue weighted by Crippen LogP contribution is -2.61. The van der Waals surface area contributed by atoms with Crippen LogP contribution in [0.1, 0.15) is 57.1 Å². The lowest BCUT2D eigenvalue weighted by Gasteiger charge is -2.50. The number of fused-ring (bicyclic) bond motifs is 1. The summed E-state index contributed by atoms with van der Waals surface area (Å²) in [4.78, 5) is 31.5. The highest BCUT2D eigenvalue weighted by atomic mass is 16.5. The summed E-state index contributed by atoms with van der Waals surface area (Å²) >= 11 is 0. The molecule has 3 aliphatic rings. The van der Waals surface area contributed by atoms with Crippen LogP contribution >= 0.6 is 0 Å². The fraction of sp³-hybridized carbons (Fsp3) is 0.517. The standard InChI is InChI=1S/C29H36N2O3/c1-20(32)30-23(17-21-11-5-4-6-12-21)24-19-29(2)26(30)15-9-10-16-27(29)31(24)28(33)18-22-13-7-8-14-25(22)34-3/h4-8,11-14,23-24,26-27H,9-10,15-19H2,1-3H3/t23-,24+,26-,27+,29-/m1/s1. The number of nitrogens with zero attached hydrogens (tertiary/aromatic N) is 2. The lowest BCUT2D eigenvalue weighted by molar-refractivity contribution is -0.143. The molecule has 5 nitrogen and oxygen atoms in total. The van der Waals surface area contributed by atoms with E-state index in [1.165, 1.54) is 5.56 Å². The Labute approximate surface area is 203 Å². The second-order valence-electron chi connectivity index (χ2n) is 10.6. The first-order chi connectivity index (χ1) is 16.4. The van der Waals surface area contributed by atoms with Gasteiger partial charge in [-0.15, -0.1) is 0 Å². The van der Waals surface area contributed by atoms with Gasteiger partial charge in [-0.2, -0.15) is 0 Å². The van der Waals surface area contributed by atoms with Crippen molar-refractivity contribution in [3.8, 4) is 5.75 Å². The van der Waals surface area contributed by atoms with Crippen molar-refractivity contribution in [2.75, 3.05) is 7.11 Å². The Morgan fingerprint density at radius 3 is 2.29 bits per heavy atom. The zero-order chi connectivity index (χ0) is 23.9. The molecule has 0 radical (unpaired) electrons. The molecule has 2 heterocycles. The van der Waals surface area contributed by atoms with Gasteiger partial charge in [-0.25, -0.2) is 0 Å². The van der Waals surface area contributed by atoms with Crippen molar-refractivity contribution in [1.29, 1.82) is 0 Å². The molecule has 1 saturated carbocycles. The maximum absolute atomic E-state index is 14.0. The van der Waals surface area contributed by atoms with E-state index in [9.17, 15) is 9.59 Å². The second kappa shape index (κ2) is 9.09. The molecule has 2 aromatic carbocycles. The molecule has 5 atom stereocenters. The van der Waals surface area contributed by atoms with E-state index in [0.717, 1.165) is 49.8 Å². The van der Waals surface area contributed by atoms with Crippen LogP contribution in [0.15, 0.2) is 54.6 Å². The zero-order valence-electron chi connectivity index (χ0n) is 20.6. The molecule has 3 fully saturated rings. The Kier molecular flexibility index (Phi) is 6.13. The van der Waals surface area contributed by atoms with Gasteiger partial charge in [0.15, 0.2) is 0 Å². The summed E-state index contributed by atoms with van der Waals surface area (Å²) in [6, 6.07) is 18.6. The quantitative estimate of drug-likeness (QED) is 0.654. The minimum absolute atomic E-state index is 0.00249. The molecule has 34 heavy (non-hydrogen) atoms. The van der Waals surface area contributed by atoms with Crippen molar-refractivity contribution in [1.82, 2.24) is 9.80 Å². The van der Waals surface area contributed by atoms with Crippen molar-refractivity contribution < 1.29 is 14.3 Å². The number of para-hydroxylation sites is 1. The number of methoxy groups -OCH3 is 1. The average molecular weight is 461 g/mol. The van der Waals surface area contributed by atoms with E-state index in [4.69, 9.17) is 4.74 Å². The van der Waals surface area contributed by atoms with Crippen LogP contribution in [-0.4, -0.2) is 52.9 Å². The van der Waals surface area contributed by atoms with Gasteiger partial charge in [0, 0.05) is 30.0 Å². The van der Waals surface area contributed by atoms with Crippen molar-refractivity contribution >= 4 is 11.8 Å². The molecule has 0 aromatic heterocycles. The minimum atomic E-state index is -0.0591. The molecule has 2 aliphatic heterocycles. The summed E-state index contributed by atoms with van der Waals surface area (Å²) in [7, 11) is 1.66. The van der Waals surface area contributed by atoms with E-state index in [1.807, 2.05) is 30.3 Å². The van der Waals surface area contributed by atoms with Crippen LogP contribution in [0, 0.1) is 5.41 Å². The third-order valence-corrected chi connectivity index (χ3v) is 8.68. The highest BCUT2D eigenvalue weighted by Gasteiger charge is 2.63. The molecule has 2 saturated heterocycles. The van der Waals surface area contributed by atoms with Gasteiger partial charge in [-0.1, -0.05) is 68.3 Å². The third-order valence-electron chi connectivity index (χ3n) is 8.68. The summed E-state index contributed by atoms with van der Waals surface area (Å²) < 4.78 is 5.54. The summed E-state index contributed by atoms with van der Waals surface area (Å²) in [6.07, 6.45) is 6.35. The largest absolute Gasteiger partial charge is 0.496 e. The summed E-state index contributed by atoms with van der Waals surface area (Å²) in [5.41, 5.74) is 2.09. The molecule has 5 rings (SSSR count). The molecular weight excluding hydrogens is 424 g/mol. The summed E-state index contributed by atoms with van der Waals surface area (Å²) in [6.45, 7) is 4.05. The molecule has 0 spiro atoms. The molecule has 180 valence electrons. The minimum Gasteiger partial charge on any atom is -0.496 e. The third kappa shape index (κ3) is 3.79. The van der Waals surface area contributed by atoms with Crippen molar-refractivity contribution in [2.24, 2.45) is 5.41 Å². The normalized spacial score (nSPS) is 30.1. The summed E-state index contributed by atoms with van der Waals surface area (Å²) in [5, 5.41) is 0. The van der Waals surface area contributed by atoms with Gasteiger partial charge in [-0.05, 0) is 37.3 Å². The van der Waals surface area contributed by atoms with Crippen LogP contribution in [0.3, 0.4) is 0 Å². The molecular formula is C29H36N2O3. The number of likely N-dealkylation sites (tertiary alicyclic amines) is 2. The SMILES string of the molecule is COc1ccccc1CC(=O)N1[C@H]2CCCC[C@H]3N(C(C)=O)[C@H](Cc4ccccc4)[C@@H]1C[C@@]23C. The maximum atomic E-state index is 14.0. The van der Waals surface area contributed by atoms with Gasteiger partial charge in [-0.3, -0.25) is 9.59 Å². The first kappa shape index (κ1) is 22.9. The van der Waals surface area contributed by atoms with Crippen LogP contribution in [0.2, 0.25) is 0 Å². The number of carbonyl (C=O) groups is 2.